The summed E-state index contributed by atoms with van der Waals surface area (Å²) >= 11 is 6.46. The molecule has 1 unspecified atom stereocenters. The van der Waals surface area contributed by atoms with E-state index in [2.05, 4.69) is 20.6 Å². The number of aromatic nitrogens is 5. The Balaban J connectivity index is 1.59. The van der Waals surface area contributed by atoms with E-state index in [0.29, 0.717) is 25.9 Å². The Labute approximate surface area is 307 Å². The normalized spacial score (nSPS) is 17.7. The molecule has 2 aromatic heterocycles. The van der Waals surface area contributed by atoms with Crippen molar-refractivity contribution >= 4 is 29.6 Å². The number of nitrogens with one attached hydrogen (secondary N) is 1. The van der Waals surface area contributed by atoms with Crippen LogP contribution in [0.25, 0.3) is 22.5 Å². The van der Waals surface area contributed by atoms with Crippen LogP contribution in [-0.2, 0) is 15.1 Å². The van der Waals surface area contributed by atoms with E-state index in [9.17, 15) is 31.5 Å². The highest BCUT2D eigenvalue weighted by Gasteiger charge is 2.53. The van der Waals surface area contributed by atoms with Crippen LogP contribution in [0.3, 0.4) is 0 Å². The SMILES string of the molecule is CC(F)C(C)(C)NC(=O)OC[C@H](c1ccc(Cl)c(-c2nncn2C(F)F)c1)N1C(=O)[C@@](CC(C)(C)C)(c2ccc(-c3cnn(C(F)F)c3)cc2)N=C1N. The van der Waals surface area contributed by atoms with E-state index in [1.807, 2.05) is 20.8 Å². The Bertz CT molecular complexity index is 1990. The zero-order chi connectivity index (χ0) is 39.0. The van der Waals surface area contributed by atoms with Gasteiger partial charge in [-0.1, -0.05) is 62.7 Å². The Morgan fingerprint density at radius 2 is 1.70 bits per heavy atom. The van der Waals surface area contributed by atoms with Gasteiger partial charge in [0.25, 0.3) is 5.91 Å². The van der Waals surface area contributed by atoms with Crippen molar-refractivity contribution in [1.82, 2.24) is 34.8 Å². The third kappa shape index (κ3) is 8.14. The van der Waals surface area contributed by atoms with Gasteiger partial charge in [-0.2, -0.15) is 22.7 Å². The maximum atomic E-state index is 14.9. The van der Waals surface area contributed by atoms with E-state index >= 15 is 0 Å². The van der Waals surface area contributed by atoms with Crippen LogP contribution in [0, 0.1) is 5.41 Å². The lowest BCUT2D eigenvalue weighted by Gasteiger charge is -2.35. The topological polar surface area (TPSA) is 146 Å². The first-order valence-corrected chi connectivity index (χ1v) is 16.8. The molecule has 0 spiro atoms. The first-order valence-electron chi connectivity index (χ1n) is 16.4. The van der Waals surface area contributed by atoms with Crippen LogP contribution in [0.4, 0.5) is 26.7 Å². The van der Waals surface area contributed by atoms with Crippen molar-refractivity contribution in [3.63, 3.8) is 0 Å². The van der Waals surface area contributed by atoms with E-state index in [1.54, 1.807) is 24.3 Å². The second-order valence-corrected chi connectivity index (χ2v) is 14.9. The van der Waals surface area contributed by atoms with Gasteiger partial charge >= 0.3 is 19.2 Å². The van der Waals surface area contributed by atoms with Crippen molar-refractivity contribution in [3.8, 4) is 22.5 Å². The lowest BCUT2D eigenvalue weighted by Crippen LogP contribution is -2.51. The number of carbonyl (C=O) groups is 2. The van der Waals surface area contributed by atoms with E-state index in [1.165, 1.54) is 51.4 Å². The molecule has 5 rings (SSSR count). The zero-order valence-corrected chi connectivity index (χ0v) is 30.5. The van der Waals surface area contributed by atoms with E-state index < -0.39 is 60.4 Å². The number of amides is 2. The summed E-state index contributed by atoms with van der Waals surface area (Å²) in [6.45, 7) is 3.57. The number of guanidine groups is 1. The number of nitrogens with zero attached hydrogens (tertiary/aromatic N) is 7. The van der Waals surface area contributed by atoms with Gasteiger partial charge in [0.2, 0.25) is 0 Å². The minimum Gasteiger partial charge on any atom is -0.447 e. The summed E-state index contributed by atoms with van der Waals surface area (Å²) in [5.74, 6) is -1.10. The number of alkyl carbamates (subject to hydrolysis) is 1. The Hall–Kier alpha value is -5.06. The Kier molecular flexibility index (Phi) is 10.9. The zero-order valence-electron chi connectivity index (χ0n) is 29.7. The van der Waals surface area contributed by atoms with E-state index in [-0.39, 0.29) is 34.4 Å². The number of nitrogens with two attached hydrogens (primary N) is 1. The summed E-state index contributed by atoms with van der Waals surface area (Å²) in [6, 6.07) is 9.71. The summed E-state index contributed by atoms with van der Waals surface area (Å²) in [5, 5.41) is 13.6. The molecule has 2 amide bonds. The third-order valence-electron chi connectivity index (χ3n) is 8.91. The highest BCUT2D eigenvalue weighted by Crippen LogP contribution is 2.45. The summed E-state index contributed by atoms with van der Waals surface area (Å²) in [4.78, 5) is 33.8. The molecule has 12 nitrogen and oxygen atoms in total. The second kappa shape index (κ2) is 14.8. The lowest BCUT2D eigenvalue weighted by atomic mass is 9.75. The van der Waals surface area contributed by atoms with Crippen LogP contribution in [0.5, 0.6) is 0 Å². The van der Waals surface area contributed by atoms with Gasteiger partial charge in [-0.3, -0.25) is 14.3 Å². The number of carbonyl (C=O) groups excluding carboxylic acids is 2. The Morgan fingerprint density at radius 1 is 1.02 bits per heavy atom. The number of benzene rings is 2. The van der Waals surface area contributed by atoms with Gasteiger partial charge in [0, 0.05) is 17.3 Å². The average molecular weight is 764 g/mol. The quantitative estimate of drug-likeness (QED) is 0.141. The minimum atomic E-state index is -3.00. The maximum absolute atomic E-state index is 14.9. The largest absolute Gasteiger partial charge is 0.447 e. The van der Waals surface area contributed by atoms with E-state index in [4.69, 9.17) is 27.1 Å². The predicted octanol–water partition coefficient (Wildman–Crippen LogP) is 7.64. The monoisotopic (exact) mass is 763 g/mol. The molecule has 53 heavy (non-hydrogen) atoms. The predicted molar refractivity (Wildman–Crippen MR) is 187 cm³/mol. The molecule has 0 saturated carbocycles. The number of halogens is 6. The van der Waals surface area contributed by atoms with Crippen LogP contribution >= 0.6 is 11.6 Å². The molecule has 0 fully saturated rings. The van der Waals surface area contributed by atoms with Crippen LogP contribution < -0.4 is 11.1 Å². The molecule has 3 heterocycles. The standard InChI is InChI=1S/C35H39ClF5N9O3/c1-19(37)34(5,6)46-32(52)53-16-26(21-9-12-25(36)24(13-21)27-47-43-18-48(27)29(38)39)50-28(51)35(45-31(50)42,17-33(2,3)4)23-10-7-20(8-11-23)22-14-44-49(15-22)30(40)41/h7-15,18-19,26,29-30H,16-17H2,1-6H3,(H2,42,45)(H,46,52)/t19?,26-,35-/m1/s1. The molecular weight excluding hydrogens is 725 g/mol. The van der Waals surface area contributed by atoms with Crippen molar-refractivity contribution in [2.24, 2.45) is 16.1 Å². The molecule has 0 saturated heterocycles. The highest BCUT2D eigenvalue weighted by atomic mass is 35.5. The fraction of sp³-hybridized carbons (Fsp3) is 0.429. The number of alkyl halides is 5. The number of aliphatic imine (C=N–C) groups is 1. The van der Waals surface area contributed by atoms with Crippen molar-refractivity contribution < 1.29 is 36.3 Å². The first kappa shape index (κ1) is 39.2. The molecule has 0 aliphatic carbocycles. The van der Waals surface area contributed by atoms with Crippen LogP contribution in [0.15, 0.2) is 66.2 Å². The van der Waals surface area contributed by atoms with Gasteiger partial charge in [0.1, 0.15) is 19.1 Å². The van der Waals surface area contributed by atoms with Gasteiger partial charge in [-0.05, 0) is 61.4 Å². The summed E-state index contributed by atoms with van der Waals surface area (Å²) < 4.78 is 74.9. The molecule has 1 aliphatic rings. The number of hydrogen-bond donors (Lipinski definition) is 2. The van der Waals surface area contributed by atoms with Crippen molar-refractivity contribution in [2.75, 3.05) is 6.61 Å². The third-order valence-corrected chi connectivity index (χ3v) is 9.24. The van der Waals surface area contributed by atoms with Crippen LogP contribution in [0.1, 0.15) is 78.2 Å². The second-order valence-electron chi connectivity index (χ2n) is 14.5. The fourth-order valence-corrected chi connectivity index (χ4v) is 6.18. The molecule has 0 radical (unpaired) electrons. The summed E-state index contributed by atoms with van der Waals surface area (Å²) in [7, 11) is 0. The number of hydrogen-bond acceptors (Lipinski definition) is 8. The molecule has 18 heteroatoms. The van der Waals surface area contributed by atoms with Crippen LogP contribution in [0.2, 0.25) is 5.02 Å². The first-order chi connectivity index (χ1) is 24.7. The van der Waals surface area contributed by atoms with Crippen molar-refractivity contribution in [3.05, 3.63) is 77.3 Å². The molecule has 2 aromatic carbocycles. The average Bonchev–Trinajstić information content (AvgIpc) is 3.81. The molecule has 284 valence electrons. The molecule has 4 aromatic rings. The van der Waals surface area contributed by atoms with Crippen LogP contribution in [-0.4, -0.2) is 65.7 Å². The smallest absolute Gasteiger partial charge is 0.407 e. The van der Waals surface area contributed by atoms with E-state index in [0.717, 1.165) is 11.2 Å². The van der Waals surface area contributed by atoms with Gasteiger partial charge < -0.3 is 15.8 Å². The van der Waals surface area contributed by atoms with Crippen molar-refractivity contribution in [1.29, 1.82) is 0 Å². The van der Waals surface area contributed by atoms with Gasteiger partial charge in [0.15, 0.2) is 17.3 Å². The summed E-state index contributed by atoms with van der Waals surface area (Å²) in [6.07, 6.45) is 1.04. The van der Waals surface area contributed by atoms with Gasteiger partial charge in [-0.15, -0.1) is 10.2 Å². The number of rotatable bonds is 12. The molecule has 1 aliphatic heterocycles. The molecule has 0 bridgehead atoms. The minimum absolute atomic E-state index is 0.0374. The maximum Gasteiger partial charge on any atom is 0.407 e. The number of ether oxygens (including phenoxy) is 1. The molecular formula is C35H39ClF5N9O3. The van der Waals surface area contributed by atoms with Gasteiger partial charge in [0.05, 0.1) is 22.8 Å². The fourth-order valence-electron chi connectivity index (χ4n) is 5.98. The van der Waals surface area contributed by atoms with Gasteiger partial charge in [-0.25, -0.2) is 18.9 Å². The highest BCUT2D eigenvalue weighted by molar-refractivity contribution is 6.33. The molecule has 3 N–H and O–H groups in total. The summed E-state index contributed by atoms with van der Waals surface area (Å²) in [5.41, 5.74) is 4.86. The molecule has 3 atom stereocenters. The Morgan fingerprint density at radius 3 is 2.28 bits per heavy atom. The van der Waals surface area contributed by atoms with Crippen molar-refractivity contribution in [2.45, 2.75) is 84.4 Å². The lowest BCUT2D eigenvalue weighted by molar-refractivity contribution is -0.135.